The van der Waals surface area contributed by atoms with Crippen LogP contribution in [-0.2, 0) is 0 Å². The third-order valence-electron chi connectivity index (χ3n) is 3.90. The first kappa shape index (κ1) is 13.0. The van der Waals surface area contributed by atoms with Gasteiger partial charge in [-0.15, -0.1) is 0 Å². The Morgan fingerprint density at radius 3 is 2.33 bits per heavy atom. The molecule has 0 radical (unpaired) electrons. The van der Waals surface area contributed by atoms with Crippen LogP contribution in [0.15, 0.2) is 0 Å². The predicted molar refractivity (Wildman–Crippen MR) is 68.2 cm³/mol. The van der Waals surface area contributed by atoms with Gasteiger partial charge < -0.3 is 5.32 Å². The summed E-state index contributed by atoms with van der Waals surface area (Å²) in [5.41, 5.74) is 0.711. The van der Waals surface area contributed by atoms with E-state index in [-0.39, 0.29) is 0 Å². The highest BCUT2D eigenvalue weighted by atomic mass is 14.9. The zero-order valence-electron chi connectivity index (χ0n) is 10.8. The van der Waals surface area contributed by atoms with Crippen LogP contribution in [0.2, 0.25) is 0 Å². The molecule has 1 heteroatoms. The van der Waals surface area contributed by atoms with Crippen molar-refractivity contribution in [2.75, 3.05) is 13.1 Å². The molecule has 1 N–H and O–H groups in total. The van der Waals surface area contributed by atoms with E-state index in [2.05, 4.69) is 19.2 Å². The van der Waals surface area contributed by atoms with E-state index >= 15 is 0 Å². The summed E-state index contributed by atoms with van der Waals surface area (Å²) in [6, 6.07) is 0. The summed E-state index contributed by atoms with van der Waals surface area (Å²) < 4.78 is 0. The molecule has 0 aromatic heterocycles. The Morgan fingerprint density at radius 2 is 1.80 bits per heavy atom. The summed E-state index contributed by atoms with van der Waals surface area (Å²) in [6.45, 7) is 7.04. The van der Waals surface area contributed by atoms with Crippen LogP contribution in [0.3, 0.4) is 0 Å². The topological polar surface area (TPSA) is 12.0 Å². The van der Waals surface area contributed by atoms with Gasteiger partial charge in [0, 0.05) is 6.54 Å². The van der Waals surface area contributed by atoms with Gasteiger partial charge in [-0.3, -0.25) is 0 Å². The monoisotopic (exact) mass is 211 g/mol. The number of rotatable bonds is 9. The van der Waals surface area contributed by atoms with Crippen molar-refractivity contribution in [2.45, 2.75) is 71.6 Å². The number of unbranched alkanes of at least 4 members (excludes halogenated alkanes) is 3. The maximum atomic E-state index is 3.62. The molecule has 0 aromatic rings. The van der Waals surface area contributed by atoms with Crippen molar-refractivity contribution in [3.8, 4) is 0 Å². The first-order chi connectivity index (χ1) is 7.33. The molecule has 0 atom stereocenters. The highest BCUT2D eigenvalue weighted by Gasteiger charge is 2.35. The highest BCUT2D eigenvalue weighted by Crippen LogP contribution is 2.44. The Kier molecular flexibility index (Phi) is 6.31. The third kappa shape index (κ3) is 4.55. The van der Waals surface area contributed by atoms with Gasteiger partial charge in [0.15, 0.2) is 0 Å². The lowest BCUT2D eigenvalue weighted by molar-refractivity contribution is 0.113. The lowest BCUT2D eigenvalue weighted by Crippen LogP contribution is -2.40. The minimum Gasteiger partial charge on any atom is -0.316 e. The summed E-state index contributed by atoms with van der Waals surface area (Å²) in [5, 5.41) is 3.62. The largest absolute Gasteiger partial charge is 0.316 e. The molecule has 90 valence electrons. The summed E-state index contributed by atoms with van der Waals surface area (Å²) in [4.78, 5) is 0. The SMILES string of the molecule is CCCCCCC1(CNCCC)CCC1. The van der Waals surface area contributed by atoms with Crippen LogP contribution < -0.4 is 5.32 Å². The average molecular weight is 211 g/mol. The first-order valence-electron chi connectivity index (χ1n) is 7.04. The molecule has 0 heterocycles. The van der Waals surface area contributed by atoms with Crippen molar-refractivity contribution in [2.24, 2.45) is 5.41 Å². The second-order valence-corrected chi connectivity index (χ2v) is 5.34. The van der Waals surface area contributed by atoms with E-state index in [1.165, 1.54) is 70.9 Å². The molecule has 0 unspecified atom stereocenters. The Morgan fingerprint density at radius 1 is 1.00 bits per heavy atom. The van der Waals surface area contributed by atoms with Gasteiger partial charge in [-0.25, -0.2) is 0 Å². The maximum Gasteiger partial charge on any atom is 0.000780 e. The third-order valence-corrected chi connectivity index (χ3v) is 3.90. The predicted octanol–water partition coefficient (Wildman–Crippen LogP) is 4.13. The Labute approximate surface area is 96.0 Å². The minimum absolute atomic E-state index is 0.711. The molecule has 0 aliphatic heterocycles. The molecule has 0 saturated heterocycles. The fraction of sp³-hybridized carbons (Fsp3) is 1.00. The van der Waals surface area contributed by atoms with E-state index in [9.17, 15) is 0 Å². The van der Waals surface area contributed by atoms with Crippen LogP contribution in [0.25, 0.3) is 0 Å². The van der Waals surface area contributed by atoms with Crippen LogP contribution in [0, 0.1) is 5.41 Å². The molecule has 1 rings (SSSR count). The average Bonchev–Trinajstić information content (AvgIpc) is 2.19. The van der Waals surface area contributed by atoms with E-state index in [4.69, 9.17) is 0 Å². The summed E-state index contributed by atoms with van der Waals surface area (Å²) in [6.07, 6.45) is 12.9. The van der Waals surface area contributed by atoms with Gasteiger partial charge >= 0.3 is 0 Å². The van der Waals surface area contributed by atoms with Crippen LogP contribution in [0.4, 0.5) is 0 Å². The fourth-order valence-electron chi connectivity index (χ4n) is 2.65. The molecular formula is C14H29N. The normalized spacial score (nSPS) is 18.8. The van der Waals surface area contributed by atoms with Crippen molar-refractivity contribution >= 4 is 0 Å². The van der Waals surface area contributed by atoms with Crippen molar-refractivity contribution in [1.29, 1.82) is 0 Å². The smallest absolute Gasteiger partial charge is 0.000780 e. The molecule has 0 spiro atoms. The van der Waals surface area contributed by atoms with Crippen LogP contribution in [-0.4, -0.2) is 13.1 Å². The number of hydrogen-bond acceptors (Lipinski definition) is 1. The highest BCUT2D eigenvalue weighted by molar-refractivity contribution is 4.89. The van der Waals surface area contributed by atoms with E-state index < -0.39 is 0 Å². The zero-order valence-corrected chi connectivity index (χ0v) is 10.8. The molecular weight excluding hydrogens is 182 g/mol. The zero-order chi connectivity index (χ0) is 11.0. The molecule has 0 bridgehead atoms. The summed E-state index contributed by atoms with van der Waals surface area (Å²) in [5.74, 6) is 0. The molecule has 0 amide bonds. The van der Waals surface area contributed by atoms with Gasteiger partial charge in [-0.2, -0.15) is 0 Å². The van der Waals surface area contributed by atoms with Gasteiger partial charge in [-0.05, 0) is 37.6 Å². The van der Waals surface area contributed by atoms with Gasteiger partial charge in [0.25, 0.3) is 0 Å². The Bertz CT molecular complexity index is 149. The Balaban J connectivity index is 2.09. The second kappa shape index (κ2) is 7.27. The lowest BCUT2D eigenvalue weighted by atomic mass is 9.66. The van der Waals surface area contributed by atoms with Crippen molar-refractivity contribution in [3.05, 3.63) is 0 Å². The van der Waals surface area contributed by atoms with Crippen molar-refractivity contribution in [3.63, 3.8) is 0 Å². The van der Waals surface area contributed by atoms with Crippen molar-refractivity contribution < 1.29 is 0 Å². The summed E-state index contributed by atoms with van der Waals surface area (Å²) >= 11 is 0. The second-order valence-electron chi connectivity index (χ2n) is 5.34. The fourth-order valence-corrected chi connectivity index (χ4v) is 2.65. The Hall–Kier alpha value is -0.0400. The number of nitrogens with one attached hydrogen (secondary N) is 1. The molecule has 1 fully saturated rings. The van der Waals surface area contributed by atoms with Crippen LogP contribution in [0.5, 0.6) is 0 Å². The minimum atomic E-state index is 0.711. The molecule has 1 saturated carbocycles. The first-order valence-corrected chi connectivity index (χ1v) is 7.04. The molecule has 15 heavy (non-hydrogen) atoms. The van der Waals surface area contributed by atoms with Crippen LogP contribution >= 0.6 is 0 Å². The number of hydrogen-bond donors (Lipinski definition) is 1. The molecule has 1 aliphatic carbocycles. The van der Waals surface area contributed by atoms with E-state index in [1.54, 1.807) is 0 Å². The van der Waals surface area contributed by atoms with E-state index in [0.29, 0.717) is 5.41 Å². The van der Waals surface area contributed by atoms with E-state index in [1.807, 2.05) is 0 Å². The van der Waals surface area contributed by atoms with Gasteiger partial charge in [0.2, 0.25) is 0 Å². The van der Waals surface area contributed by atoms with Gasteiger partial charge in [0.1, 0.15) is 0 Å². The quantitative estimate of drug-likeness (QED) is 0.566. The maximum absolute atomic E-state index is 3.62. The van der Waals surface area contributed by atoms with Crippen molar-refractivity contribution in [1.82, 2.24) is 5.32 Å². The van der Waals surface area contributed by atoms with Crippen LogP contribution in [0.1, 0.15) is 71.6 Å². The van der Waals surface area contributed by atoms with Gasteiger partial charge in [0.05, 0.1) is 0 Å². The summed E-state index contributed by atoms with van der Waals surface area (Å²) in [7, 11) is 0. The lowest BCUT2D eigenvalue weighted by Gasteiger charge is -2.42. The molecule has 1 aliphatic rings. The van der Waals surface area contributed by atoms with Gasteiger partial charge in [-0.1, -0.05) is 46.0 Å². The standard InChI is InChI=1S/C14H29N/c1-3-5-6-7-9-14(10-8-11-14)13-15-12-4-2/h15H,3-13H2,1-2H3. The molecule has 1 nitrogen and oxygen atoms in total. The molecule has 0 aromatic carbocycles. The van der Waals surface area contributed by atoms with E-state index in [0.717, 1.165) is 0 Å².